The second-order valence-electron chi connectivity index (χ2n) is 4.37. The van der Waals surface area contributed by atoms with Crippen molar-refractivity contribution in [2.45, 2.75) is 32.9 Å². The van der Waals surface area contributed by atoms with Gasteiger partial charge in [-0.2, -0.15) is 5.10 Å². The average molecular weight is 323 g/mol. The summed E-state index contributed by atoms with van der Waals surface area (Å²) in [6.45, 7) is 6.08. The first-order valence-corrected chi connectivity index (χ1v) is 7.42. The molecule has 0 bridgehead atoms. The SMILES string of the molecule is CCCn1nccc1C(NCC)c1ccc(Br)cn1. The van der Waals surface area contributed by atoms with Crippen molar-refractivity contribution < 1.29 is 0 Å². The first-order valence-electron chi connectivity index (χ1n) is 6.62. The Morgan fingerprint density at radius 2 is 2.16 bits per heavy atom. The van der Waals surface area contributed by atoms with Gasteiger partial charge in [-0.25, -0.2) is 0 Å². The number of aryl methyl sites for hydroxylation is 1. The monoisotopic (exact) mass is 322 g/mol. The Hall–Kier alpha value is -1.20. The molecule has 0 amide bonds. The molecular weight excluding hydrogens is 304 g/mol. The number of nitrogens with zero attached hydrogens (tertiary/aromatic N) is 3. The van der Waals surface area contributed by atoms with E-state index in [0.717, 1.165) is 29.7 Å². The zero-order valence-corrected chi connectivity index (χ0v) is 12.9. The van der Waals surface area contributed by atoms with Gasteiger partial charge in [0.1, 0.15) is 0 Å². The summed E-state index contributed by atoms with van der Waals surface area (Å²) >= 11 is 3.42. The Morgan fingerprint density at radius 1 is 1.32 bits per heavy atom. The van der Waals surface area contributed by atoms with E-state index in [2.05, 4.69) is 55.9 Å². The van der Waals surface area contributed by atoms with Crippen LogP contribution in [-0.4, -0.2) is 21.3 Å². The second-order valence-corrected chi connectivity index (χ2v) is 5.29. The molecular formula is C14H19BrN4. The summed E-state index contributed by atoms with van der Waals surface area (Å²) < 4.78 is 3.05. The highest BCUT2D eigenvalue weighted by Crippen LogP contribution is 2.21. The van der Waals surface area contributed by atoms with Gasteiger partial charge in [0.25, 0.3) is 0 Å². The topological polar surface area (TPSA) is 42.7 Å². The lowest BCUT2D eigenvalue weighted by atomic mass is 10.1. The molecule has 2 rings (SSSR count). The third-order valence-corrected chi connectivity index (χ3v) is 3.40. The lowest BCUT2D eigenvalue weighted by Crippen LogP contribution is -2.25. The van der Waals surface area contributed by atoms with E-state index < -0.39 is 0 Å². The van der Waals surface area contributed by atoms with Crippen molar-refractivity contribution in [1.29, 1.82) is 0 Å². The van der Waals surface area contributed by atoms with Crippen LogP contribution in [0.1, 0.15) is 37.7 Å². The Labute approximate surface area is 122 Å². The molecule has 0 radical (unpaired) electrons. The van der Waals surface area contributed by atoms with E-state index >= 15 is 0 Å². The summed E-state index contributed by atoms with van der Waals surface area (Å²) in [5.74, 6) is 0. The standard InChI is InChI=1S/C14H19BrN4/c1-3-9-19-13(7-8-18-19)14(16-4-2)12-6-5-11(15)10-17-12/h5-8,10,14,16H,3-4,9H2,1-2H3. The Morgan fingerprint density at radius 3 is 2.79 bits per heavy atom. The molecule has 102 valence electrons. The molecule has 2 heterocycles. The van der Waals surface area contributed by atoms with Crippen LogP contribution in [0.5, 0.6) is 0 Å². The molecule has 0 aromatic carbocycles. The van der Waals surface area contributed by atoms with Crippen LogP contribution in [0.3, 0.4) is 0 Å². The number of aromatic nitrogens is 3. The number of halogens is 1. The van der Waals surface area contributed by atoms with Crippen molar-refractivity contribution in [3.8, 4) is 0 Å². The fourth-order valence-corrected chi connectivity index (χ4v) is 2.34. The van der Waals surface area contributed by atoms with Gasteiger partial charge in [-0.05, 0) is 47.1 Å². The minimum absolute atomic E-state index is 0.0900. The van der Waals surface area contributed by atoms with Crippen LogP contribution in [0.25, 0.3) is 0 Å². The van der Waals surface area contributed by atoms with Gasteiger partial charge in [0.05, 0.1) is 17.4 Å². The number of nitrogens with one attached hydrogen (secondary N) is 1. The molecule has 0 aliphatic carbocycles. The van der Waals surface area contributed by atoms with Gasteiger partial charge in [0.2, 0.25) is 0 Å². The lowest BCUT2D eigenvalue weighted by Gasteiger charge is -2.19. The van der Waals surface area contributed by atoms with E-state index in [9.17, 15) is 0 Å². The fourth-order valence-electron chi connectivity index (χ4n) is 2.11. The molecule has 2 aromatic rings. The van der Waals surface area contributed by atoms with Gasteiger partial charge < -0.3 is 5.32 Å². The summed E-state index contributed by atoms with van der Waals surface area (Å²) in [5.41, 5.74) is 2.18. The summed E-state index contributed by atoms with van der Waals surface area (Å²) in [6.07, 6.45) is 4.76. The van der Waals surface area contributed by atoms with E-state index in [-0.39, 0.29) is 6.04 Å². The minimum atomic E-state index is 0.0900. The van der Waals surface area contributed by atoms with Gasteiger partial charge in [-0.1, -0.05) is 13.8 Å². The molecule has 1 N–H and O–H groups in total. The van der Waals surface area contributed by atoms with Gasteiger partial charge in [0.15, 0.2) is 0 Å². The molecule has 0 aliphatic rings. The van der Waals surface area contributed by atoms with Crippen molar-refractivity contribution in [1.82, 2.24) is 20.1 Å². The number of pyridine rings is 1. The fraction of sp³-hybridized carbons (Fsp3) is 0.429. The Balaban J connectivity index is 2.33. The maximum atomic E-state index is 4.50. The maximum absolute atomic E-state index is 4.50. The highest BCUT2D eigenvalue weighted by molar-refractivity contribution is 9.10. The third kappa shape index (κ3) is 3.42. The van der Waals surface area contributed by atoms with Crippen LogP contribution in [0.4, 0.5) is 0 Å². The molecule has 2 aromatic heterocycles. The largest absolute Gasteiger partial charge is 0.304 e. The predicted molar refractivity (Wildman–Crippen MR) is 80.0 cm³/mol. The van der Waals surface area contributed by atoms with Gasteiger partial charge in [-0.15, -0.1) is 0 Å². The number of hydrogen-bond acceptors (Lipinski definition) is 3. The van der Waals surface area contributed by atoms with Crippen LogP contribution in [0, 0.1) is 0 Å². The average Bonchev–Trinajstić information content (AvgIpc) is 2.86. The number of hydrogen-bond donors (Lipinski definition) is 1. The molecule has 1 unspecified atom stereocenters. The van der Waals surface area contributed by atoms with Crippen LogP contribution in [0.2, 0.25) is 0 Å². The quantitative estimate of drug-likeness (QED) is 0.888. The van der Waals surface area contributed by atoms with E-state index in [0.29, 0.717) is 0 Å². The third-order valence-electron chi connectivity index (χ3n) is 2.93. The molecule has 0 saturated carbocycles. The van der Waals surface area contributed by atoms with Crippen molar-refractivity contribution in [3.05, 3.63) is 46.5 Å². The van der Waals surface area contributed by atoms with Crippen LogP contribution < -0.4 is 5.32 Å². The molecule has 5 heteroatoms. The van der Waals surface area contributed by atoms with E-state index in [1.54, 1.807) is 0 Å². The van der Waals surface area contributed by atoms with Crippen molar-refractivity contribution in [2.24, 2.45) is 0 Å². The molecule has 4 nitrogen and oxygen atoms in total. The molecule has 1 atom stereocenters. The van der Waals surface area contributed by atoms with E-state index in [1.807, 2.05) is 24.5 Å². The molecule has 0 fully saturated rings. The van der Waals surface area contributed by atoms with Gasteiger partial charge in [-0.3, -0.25) is 9.67 Å². The minimum Gasteiger partial charge on any atom is -0.304 e. The van der Waals surface area contributed by atoms with E-state index in [4.69, 9.17) is 0 Å². The molecule has 0 aliphatic heterocycles. The van der Waals surface area contributed by atoms with Crippen molar-refractivity contribution in [2.75, 3.05) is 6.54 Å². The molecule has 0 saturated heterocycles. The maximum Gasteiger partial charge on any atom is 0.0921 e. The highest BCUT2D eigenvalue weighted by Gasteiger charge is 2.18. The Kier molecular flexibility index (Phi) is 5.10. The van der Waals surface area contributed by atoms with Crippen LogP contribution in [0.15, 0.2) is 35.1 Å². The molecule has 0 spiro atoms. The predicted octanol–water partition coefficient (Wildman–Crippen LogP) is 3.15. The Bertz CT molecular complexity index is 506. The summed E-state index contributed by atoms with van der Waals surface area (Å²) in [5, 5.41) is 7.87. The zero-order valence-electron chi connectivity index (χ0n) is 11.3. The summed E-state index contributed by atoms with van der Waals surface area (Å²) in [7, 11) is 0. The second kappa shape index (κ2) is 6.82. The van der Waals surface area contributed by atoms with Crippen LogP contribution in [-0.2, 0) is 6.54 Å². The van der Waals surface area contributed by atoms with Crippen LogP contribution >= 0.6 is 15.9 Å². The first-order chi connectivity index (χ1) is 9.26. The highest BCUT2D eigenvalue weighted by atomic mass is 79.9. The normalized spacial score (nSPS) is 12.6. The van der Waals surface area contributed by atoms with Crippen molar-refractivity contribution in [3.63, 3.8) is 0 Å². The van der Waals surface area contributed by atoms with Crippen molar-refractivity contribution >= 4 is 15.9 Å². The van der Waals surface area contributed by atoms with E-state index in [1.165, 1.54) is 5.69 Å². The van der Waals surface area contributed by atoms with Gasteiger partial charge >= 0.3 is 0 Å². The lowest BCUT2D eigenvalue weighted by molar-refractivity contribution is 0.514. The molecule has 19 heavy (non-hydrogen) atoms. The summed E-state index contributed by atoms with van der Waals surface area (Å²) in [6, 6.07) is 6.22. The summed E-state index contributed by atoms with van der Waals surface area (Å²) in [4.78, 5) is 4.50. The smallest absolute Gasteiger partial charge is 0.0921 e. The first kappa shape index (κ1) is 14.2. The van der Waals surface area contributed by atoms with Gasteiger partial charge in [0, 0.05) is 23.4 Å². The number of rotatable bonds is 6. The zero-order chi connectivity index (χ0) is 13.7.